The Morgan fingerprint density at radius 1 is 1.07 bits per heavy atom. The lowest BCUT2D eigenvalue weighted by molar-refractivity contribution is 0.107. The van der Waals surface area contributed by atoms with Gasteiger partial charge < -0.3 is 10.8 Å². The van der Waals surface area contributed by atoms with Crippen LogP contribution in [0.1, 0.15) is 24.4 Å². The predicted molar refractivity (Wildman–Crippen MR) is 116 cm³/mol. The Labute approximate surface area is 174 Å². The largest absolute Gasteiger partial charge is 0.396 e. The second-order valence-corrected chi connectivity index (χ2v) is 7.81. The summed E-state index contributed by atoms with van der Waals surface area (Å²) in [6.07, 6.45) is 1.65. The third-order valence-electron chi connectivity index (χ3n) is 5.91. The molecule has 0 unspecified atom stereocenters. The number of benzene rings is 2. The van der Waals surface area contributed by atoms with Crippen LogP contribution in [-0.2, 0) is 0 Å². The quantitative estimate of drug-likeness (QED) is 0.540. The molecule has 0 bridgehead atoms. The Kier molecular flexibility index (Phi) is 4.46. The number of nitriles is 1. The summed E-state index contributed by atoms with van der Waals surface area (Å²) in [4.78, 5) is 4.82. The van der Waals surface area contributed by atoms with E-state index in [1.54, 1.807) is 4.68 Å². The number of hydrogen-bond acceptors (Lipinski definition) is 5. The van der Waals surface area contributed by atoms with Gasteiger partial charge in [-0.25, -0.2) is 9.67 Å². The molecule has 2 aromatic carbocycles. The fraction of sp³-hybridized carbons (Fsp3) is 0.208. The summed E-state index contributed by atoms with van der Waals surface area (Å²) in [5, 5.41) is 24.7. The van der Waals surface area contributed by atoms with Crippen molar-refractivity contribution in [3.05, 3.63) is 66.2 Å². The second kappa shape index (κ2) is 7.29. The average molecular weight is 395 g/mol. The van der Waals surface area contributed by atoms with Crippen LogP contribution in [0.2, 0.25) is 0 Å². The molecular weight excluding hydrogens is 374 g/mol. The smallest absolute Gasteiger partial charge is 0.140 e. The molecule has 0 spiro atoms. The van der Waals surface area contributed by atoms with Crippen molar-refractivity contribution in [1.82, 2.24) is 14.8 Å². The Bertz CT molecular complexity index is 1270. The first-order chi connectivity index (χ1) is 14.7. The van der Waals surface area contributed by atoms with Crippen molar-refractivity contribution in [2.75, 3.05) is 12.3 Å². The number of nitrogens with zero attached hydrogens (tertiary/aromatic N) is 4. The number of fused-ring (bicyclic) bond motifs is 1. The maximum atomic E-state index is 9.71. The third kappa shape index (κ3) is 3.00. The monoisotopic (exact) mass is 395 g/mol. The number of pyridine rings is 1. The molecular formula is C24H21N5O. The normalized spacial score (nSPS) is 18.1. The van der Waals surface area contributed by atoms with Crippen LogP contribution < -0.4 is 5.73 Å². The van der Waals surface area contributed by atoms with Crippen LogP contribution in [0, 0.1) is 17.2 Å². The molecule has 0 saturated heterocycles. The van der Waals surface area contributed by atoms with Crippen LogP contribution in [-0.4, -0.2) is 26.5 Å². The average Bonchev–Trinajstić information content (AvgIpc) is 3.09. The van der Waals surface area contributed by atoms with Gasteiger partial charge in [-0.15, -0.1) is 0 Å². The van der Waals surface area contributed by atoms with Crippen molar-refractivity contribution in [3.63, 3.8) is 0 Å². The van der Waals surface area contributed by atoms with E-state index in [1.807, 2.05) is 54.6 Å². The Morgan fingerprint density at radius 2 is 1.83 bits per heavy atom. The standard InChI is InChI=1S/C24H21N5O/c25-13-20-23(28-29(24(20)26)19-10-15(11-19)14-30)18-7-6-17-8-9-21(27-22(17)12-18)16-4-2-1-3-5-16/h1-9,12,15,19,30H,10-11,14,26H2/t15-,19+. The van der Waals surface area contributed by atoms with Crippen LogP contribution in [0.4, 0.5) is 5.82 Å². The summed E-state index contributed by atoms with van der Waals surface area (Å²) in [6, 6.07) is 22.4. The second-order valence-electron chi connectivity index (χ2n) is 7.81. The lowest BCUT2D eigenvalue weighted by Gasteiger charge is -2.34. The molecule has 1 fully saturated rings. The fourth-order valence-corrected chi connectivity index (χ4v) is 4.12. The summed E-state index contributed by atoms with van der Waals surface area (Å²) < 4.78 is 1.75. The maximum Gasteiger partial charge on any atom is 0.140 e. The van der Waals surface area contributed by atoms with Crippen molar-refractivity contribution < 1.29 is 5.11 Å². The highest BCUT2D eigenvalue weighted by atomic mass is 16.3. The van der Waals surface area contributed by atoms with Crippen LogP contribution in [0.3, 0.4) is 0 Å². The van der Waals surface area contributed by atoms with Gasteiger partial charge in [0.05, 0.1) is 17.3 Å². The van der Waals surface area contributed by atoms with E-state index in [1.165, 1.54) is 0 Å². The summed E-state index contributed by atoms with van der Waals surface area (Å²) in [6.45, 7) is 0.176. The van der Waals surface area contributed by atoms with Gasteiger partial charge in [-0.3, -0.25) is 0 Å². The minimum Gasteiger partial charge on any atom is -0.396 e. The van der Waals surface area contributed by atoms with Gasteiger partial charge in [-0.05, 0) is 30.9 Å². The SMILES string of the molecule is N#Cc1c(-c2ccc3ccc(-c4ccccc4)nc3c2)nn([C@H]2C[C@@H](CO)C2)c1N. The van der Waals surface area contributed by atoms with Crippen LogP contribution >= 0.6 is 0 Å². The van der Waals surface area contributed by atoms with E-state index >= 15 is 0 Å². The molecule has 2 aromatic heterocycles. The Balaban J connectivity index is 1.57. The van der Waals surface area contributed by atoms with Gasteiger partial charge in [0.25, 0.3) is 0 Å². The number of nitrogen functional groups attached to an aromatic ring is 1. The summed E-state index contributed by atoms with van der Waals surface area (Å²) >= 11 is 0. The van der Waals surface area contributed by atoms with E-state index in [9.17, 15) is 10.4 Å². The van der Waals surface area contributed by atoms with E-state index in [-0.39, 0.29) is 18.6 Å². The molecule has 3 N–H and O–H groups in total. The minimum atomic E-state index is 0.131. The van der Waals surface area contributed by atoms with Gasteiger partial charge in [0.2, 0.25) is 0 Å². The lowest BCUT2D eigenvalue weighted by atomic mass is 9.81. The molecule has 0 radical (unpaired) electrons. The highest BCUT2D eigenvalue weighted by Gasteiger charge is 2.33. The summed E-state index contributed by atoms with van der Waals surface area (Å²) in [5.74, 6) is 0.675. The molecule has 0 atom stereocenters. The highest BCUT2D eigenvalue weighted by molar-refractivity contribution is 5.87. The molecule has 4 aromatic rings. The molecule has 2 heterocycles. The van der Waals surface area contributed by atoms with Crippen molar-refractivity contribution in [2.45, 2.75) is 18.9 Å². The van der Waals surface area contributed by atoms with E-state index in [0.29, 0.717) is 17.1 Å². The first-order valence-electron chi connectivity index (χ1n) is 10.0. The minimum absolute atomic E-state index is 0.131. The summed E-state index contributed by atoms with van der Waals surface area (Å²) in [7, 11) is 0. The van der Waals surface area contributed by atoms with E-state index in [2.05, 4.69) is 17.2 Å². The Morgan fingerprint density at radius 3 is 2.57 bits per heavy atom. The van der Waals surface area contributed by atoms with Gasteiger partial charge in [0.1, 0.15) is 23.1 Å². The number of aromatic nitrogens is 3. The van der Waals surface area contributed by atoms with Crippen LogP contribution in [0.5, 0.6) is 0 Å². The first kappa shape index (κ1) is 18.3. The topological polar surface area (TPSA) is 101 Å². The molecule has 1 aliphatic carbocycles. The molecule has 30 heavy (non-hydrogen) atoms. The van der Waals surface area contributed by atoms with Crippen molar-refractivity contribution in [2.24, 2.45) is 5.92 Å². The van der Waals surface area contributed by atoms with Gasteiger partial charge >= 0.3 is 0 Å². The number of aliphatic hydroxyl groups excluding tert-OH is 1. The molecule has 6 heteroatoms. The number of anilines is 1. The van der Waals surface area contributed by atoms with Crippen molar-refractivity contribution in [1.29, 1.82) is 5.26 Å². The van der Waals surface area contributed by atoms with Gasteiger partial charge in [-0.1, -0.05) is 48.5 Å². The van der Waals surface area contributed by atoms with Gasteiger partial charge in [0.15, 0.2) is 0 Å². The van der Waals surface area contributed by atoms with Crippen molar-refractivity contribution in [3.8, 4) is 28.6 Å². The Hall–Kier alpha value is -3.69. The fourth-order valence-electron chi connectivity index (χ4n) is 4.12. The zero-order valence-electron chi connectivity index (χ0n) is 16.4. The molecule has 5 rings (SSSR count). The zero-order chi connectivity index (χ0) is 20.7. The van der Waals surface area contributed by atoms with Crippen LogP contribution in [0.15, 0.2) is 60.7 Å². The number of hydrogen-bond donors (Lipinski definition) is 2. The number of nitrogens with two attached hydrogens (primary N) is 1. The van der Waals surface area contributed by atoms with E-state index < -0.39 is 0 Å². The van der Waals surface area contributed by atoms with Gasteiger partial charge in [-0.2, -0.15) is 10.4 Å². The molecule has 1 saturated carbocycles. The summed E-state index contributed by atoms with van der Waals surface area (Å²) in [5.41, 5.74) is 10.8. The maximum absolute atomic E-state index is 9.71. The molecule has 0 aliphatic heterocycles. The zero-order valence-corrected chi connectivity index (χ0v) is 16.4. The van der Waals surface area contributed by atoms with Crippen LogP contribution in [0.25, 0.3) is 33.4 Å². The number of rotatable bonds is 4. The molecule has 0 amide bonds. The first-order valence-corrected chi connectivity index (χ1v) is 10.0. The van der Waals surface area contributed by atoms with Gasteiger partial charge in [0, 0.05) is 23.1 Å². The third-order valence-corrected chi connectivity index (χ3v) is 5.91. The molecule has 6 nitrogen and oxygen atoms in total. The van der Waals surface area contributed by atoms with Crippen molar-refractivity contribution >= 4 is 16.7 Å². The highest BCUT2D eigenvalue weighted by Crippen LogP contribution is 2.40. The lowest BCUT2D eigenvalue weighted by Crippen LogP contribution is -2.30. The van der Waals surface area contributed by atoms with E-state index in [0.717, 1.165) is 40.6 Å². The number of aliphatic hydroxyl groups is 1. The molecule has 1 aliphatic rings. The molecule has 148 valence electrons. The van der Waals surface area contributed by atoms with E-state index in [4.69, 9.17) is 10.7 Å². The predicted octanol–water partition coefficient (Wildman–Crippen LogP) is 4.16.